The smallest absolute Gasteiger partial charge is 0.252 e. The summed E-state index contributed by atoms with van der Waals surface area (Å²) in [5.74, 6) is -0.0116. The number of ether oxygens (including phenoxy) is 1. The van der Waals surface area contributed by atoms with Crippen molar-refractivity contribution in [2.24, 2.45) is 0 Å². The lowest BCUT2D eigenvalue weighted by atomic mass is 10.0. The van der Waals surface area contributed by atoms with E-state index in [-0.39, 0.29) is 5.91 Å². The summed E-state index contributed by atoms with van der Waals surface area (Å²) >= 11 is 0. The fourth-order valence-electron chi connectivity index (χ4n) is 3.42. The van der Waals surface area contributed by atoms with E-state index in [9.17, 15) is 4.79 Å². The third kappa shape index (κ3) is 4.35. The monoisotopic (exact) mass is 341 g/mol. The maximum Gasteiger partial charge on any atom is 0.252 e. The Kier molecular flexibility index (Phi) is 5.66. The lowest BCUT2D eigenvalue weighted by Gasteiger charge is -2.26. The summed E-state index contributed by atoms with van der Waals surface area (Å²) < 4.78 is 5.36. The van der Waals surface area contributed by atoms with Gasteiger partial charge in [-0.25, -0.2) is 0 Å². The van der Waals surface area contributed by atoms with Crippen molar-refractivity contribution in [2.45, 2.75) is 27.2 Å². The van der Waals surface area contributed by atoms with E-state index < -0.39 is 0 Å². The Morgan fingerprint density at radius 1 is 1.20 bits per heavy atom. The molecule has 0 bridgehead atoms. The molecule has 1 saturated heterocycles. The maximum atomic E-state index is 12.7. The second-order valence-corrected chi connectivity index (χ2v) is 6.85. The molecule has 0 atom stereocenters. The Hall–Kier alpha value is -1.98. The van der Waals surface area contributed by atoms with Crippen LogP contribution in [0.1, 0.15) is 33.6 Å². The summed E-state index contributed by atoms with van der Waals surface area (Å²) in [7, 11) is 0. The van der Waals surface area contributed by atoms with Gasteiger partial charge in [-0.1, -0.05) is 11.6 Å². The second kappa shape index (κ2) is 7.93. The number of hydrogen-bond donors (Lipinski definition) is 1. The van der Waals surface area contributed by atoms with Crippen molar-refractivity contribution in [1.82, 2.24) is 15.2 Å². The standard InChI is InChI=1S/C20H27N3O2/c1-14-11-15(2)19-17(12-14)18(13-16(3)22-19)20(24)21-5-4-6-23-7-9-25-10-8-23/h11-13H,4-10H2,1-3H3,(H,21,24). The molecular formula is C20H27N3O2. The summed E-state index contributed by atoms with van der Waals surface area (Å²) in [6, 6.07) is 6.05. The topological polar surface area (TPSA) is 54.5 Å². The van der Waals surface area contributed by atoms with E-state index >= 15 is 0 Å². The molecule has 1 fully saturated rings. The van der Waals surface area contributed by atoms with Crippen molar-refractivity contribution in [2.75, 3.05) is 39.4 Å². The number of carbonyl (C=O) groups is 1. The van der Waals surface area contributed by atoms with Gasteiger partial charge >= 0.3 is 0 Å². The molecule has 5 heteroatoms. The van der Waals surface area contributed by atoms with E-state index in [2.05, 4.69) is 34.3 Å². The van der Waals surface area contributed by atoms with E-state index in [4.69, 9.17) is 4.74 Å². The number of aromatic nitrogens is 1. The molecule has 2 heterocycles. The van der Waals surface area contributed by atoms with Gasteiger partial charge in [0.15, 0.2) is 0 Å². The Bertz CT molecular complexity index is 767. The zero-order valence-corrected chi connectivity index (χ0v) is 15.4. The Balaban J connectivity index is 1.67. The molecule has 1 aliphatic heterocycles. The first-order valence-corrected chi connectivity index (χ1v) is 9.01. The molecule has 3 rings (SSSR count). The third-order valence-electron chi connectivity index (χ3n) is 4.66. The maximum absolute atomic E-state index is 12.7. The molecular weight excluding hydrogens is 314 g/mol. The number of nitrogens with zero attached hydrogens (tertiary/aromatic N) is 2. The van der Waals surface area contributed by atoms with E-state index in [1.165, 1.54) is 0 Å². The lowest BCUT2D eigenvalue weighted by molar-refractivity contribution is 0.0374. The van der Waals surface area contributed by atoms with Crippen LogP contribution in [0.3, 0.4) is 0 Å². The van der Waals surface area contributed by atoms with Gasteiger partial charge in [0.2, 0.25) is 0 Å². The molecule has 0 aliphatic carbocycles. The highest BCUT2D eigenvalue weighted by Crippen LogP contribution is 2.23. The third-order valence-corrected chi connectivity index (χ3v) is 4.66. The summed E-state index contributed by atoms with van der Waals surface area (Å²) in [6.45, 7) is 11.3. The van der Waals surface area contributed by atoms with Gasteiger partial charge < -0.3 is 10.1 Å². The lowest BCUT2D eigenvalue weighted by Crippen LogP contribution is -2.38. The van der Waals surface area contributed by atoms with Crippen LogP contribution in [-0.4, -0.2) is 55.2 Å². The quantitative estimate of drug-likeness (QED) is 0.850. The van der Waals surface area contributed by atoms with Gasteiger partial charge in [-0.3, -0.25) is 14.7 Å². The minimum atomic E-state index is -0.0116. The van der Waals surface area contributed by atoms with Crippen molar-refractivity contribution >= 4 is 16.8 Å². The number of carbonyl (C=O) groups excluding carboxylic acids is 1. The summed E-state index contributed by atoms with van der Waals surface area (Å²) in [5, 5.41) is 4.01. The largest absolute Gasteiger partial charge is 0.379 e. The zero-order chi connectivity index (χ0) is 17.8. The van der Waals surface area contributed by atoms with Gasteiger partial charge in [-0.15, -0.1) is 0 Å². The van der Waals surface area contributed by atoms with Gasteiger partial charge in [-0.2, -0.15) is 0 Å². The normalized spacial score (nSPS) is 15.5. The molecule has 134 valence electrons. The summed E-state index contributed by atoms with van der Waals surface area (Å²) in [5.41, 5.74) is 4.78. The van der Waals surface area contributed by atoms with E-state index in [1.807, 2.05) is 19.9 Å². The highest BCUT2D eigenvalue weighted by molar-refractivity contribution is 6.07. The summed E-state index contributed by atoms with van der Waals surface area (Å²) in [4.78, 5) is 19.7. The number of morpholine rings is 1. The number of benzene rings is 1. The molecule has 1 N–H and O–H groups in total. The first-order chi connectivity index (χ1) is 12.0. The fraction of sp³-hybridized carbons (Fsp3) is 0.500. The Morgan fingerprint density at radius 2 is 1.96 bits per heavy atom. The number of amides is 1. The molecule has 25 heavy (non-hydrogen) atoms. The highest BCUT2D eigenvalue weighted by atomic mass is 16.5. The SMILES string of the molecule is Cc1cc(C)c2nc(C)cc(C(=O)NCCCN3CCOCC3)c2c1. The molecule has 0 saturated carbocycles. The van der Waals surface area contributed by atoms with Crippen LogP contribution in [0.25, 0.3) is 10.9 Å². The highest BCUT2D eigenvalue weighted by Gasteiger charge is 2.14. The van der Waals surface area contributed by atoms with Gasteiger partial charge in [0.05, 0.1) is 24.3 Å². The van der Waals surface area contributed by atoms with Crippen LogP contribution < -0.4 is 5.32 Å². The molecule has 1 aliphatic rings. The Labute approximate surface area is 149 Å². The van der Waals surface area contributed by atoms with Gasteiger partial charge in [0.25, 0.3) is 5.91 Å². The number of hydrogen-bond acceptors (Lipinski definition) is 4. The molecule has 0 spiro atoms. The number of aryl methyl sites for hydroxylation is 3. The fourth-order valence-corrected chi connectivity index (χ4v) is 3.42. The molecule has 5 nitrogen and oxygen atoms in total. The van der Waals surface area contributed by atoms with Crippen LogP contribution in [0, 0.1) is 20.8 Å². The van der Waals surface area contributed by atoms with Crippen LogP contribution in [0.4, 0.5) is 0 Å². The number of fused-ring (bicyclic) bond motifs is 1. The van der Waals surface area contributed by atoms with Gasteiger partial charge in [-0.05, 0) is 51.4 Å². The van der Waals surface area contributed by atoms with Crippen LogP contribution >= 0.6 is 0 Å². The van der Waals surface area contributed by atoms with Crippen LogP contribution in [0.2, 0.25) is 0 Å². The summed E-state index contributed by atoms with van der Waals surface area (Å²) in [6.07, 6.45) is 0.950. The second-order valence-electron chi connectivity index (χ2n) is 6.85. The van der Waals surface area contributed by atoms with Crippen molar-refractivity contribution in [3.8, 4) is 0 Å². The first-order valence-electron chi connectivity index (χ1n) is 9.01. The predicted octanol–water partition coefficient (Wildman–Crippen LogP) is 2.61. The van der Waals surface area contributed by atoms with Crippen LogP contribution in [-0.2, 0) is 4.74 Å². The van der Waals surface area contributed by atoms with E-state index in [1.54, 1.807) is 0 Å². The molecule has 2 aromatic rings. The van der Waals surface area contributed by atoms with Gasteiger partial charge in [0, 0.05) is 30.7 Å². The van der Waals surface area contributed by atoms with Gasteiger partial charge in [0.1, 0.15) is 0 Å². The van der Waals surface area contributed by atoms with Crippen molar-refractivity contribution in [1.29, 1.82) is 0 Å². The van der Waals surface area contributed by atoms with Crippen molar-refractivity contribution in [3.05, 3.63) is 40.6 Å². The number of pyridine rings is 1. The molecule has 1 aromatic heterocycles. The minimum absolute atomic E-state index is 0.0116. The predicted molar refractivity (Wildman–Crippen MR) is 100 cm³/mol. The minimum Gasteiger partial charge on any atom is -0.379 e. The van der Waals surface area contributed by atoms with Crippen molar-refractivity contribution < 1.29 is 9.53 Å². The molecule has 1 amide bonds. The van der Waals surface area contributed by atoms with Crippen molar-refractivity contribution in [3.63, 3.8) is 0 Å². The van der Waals surface area contributed by atoms with Crippen LogP contribution in [0.15, 0.2) is 18.2 Å². The molecule has 0 unspecified atom stereocenters. The first kappa shape index (κ1) is 17.8. The zero-order valence-electron chi connectivity index (χ0n) is 15.4. The van der Waals surface area contributed by atoms with E-state index in [0.717, 1.165) is 72.6 Å². The number of nitrogens with one attached hydrogen (secondary N) is 1. The average molecular weight is 341 g/mol. The van der Waals surface area contributed by atoms with E-state index in [0.29, 0.717) is 6.54 Å². The Morgan fingerprint density at radius 3 is 2.72 bits per heavy atom. The van der Waals surface area contributed by atoms with Crippen LogP contribution in [0.5, 0.6) is 0 Å². The number of rotatable bonds is 5. The molecule has 1 aromatic carbocycles. The molecule has 0 radical (unpaired) electrons. The average Bonchev–Trinajstić information content (AvgIpc) is 2.59.